The molecule has 0 heteroatoms. The van der Waals surface area contributed by atoms with E-state index in [9.17, 15) is 0 Å². The molecule has 0 spiro atoms. The van der Waals surface area contributed by atoms with Crippen LogP contribution in [0.25, 0.3) is 0 Å². The van der Waals surface area contributed by atoms with E-state index in [4.69, 9.17) is 0 Å². The molecule has 90 valence electrons. The normalized spacial score (nSPS) is 43.5. The first-order valence-corrected chi connectivity index (χ1v) is 6.72. The van der Waals surface area contributed by atoms with Crippen molar-refractivity contribution in [1.29, 1.82) is 0 Å². The van der Waals surface area contributed by atoms with Gasteiger partial charge in [-0.05, 0) is 62.7 Å². The molecule has 0 heterocycles. The zero-order valence-electron chi connectivity index (χ0n) is 11.4. The summed E-state index contributed by atoms with van der Waals surface area (Å²) >= 11 is 0. The van der Waals surface area contributed by atoms with Crippen LogP contribution in [0.1, 0.15) is 59.8 Å². The van der Waals surface area contributed by atoms with Gasteiger partial charge in [-0.1, -0.05) is 37.6 Å². The van der Waals surface area contributed by atoms with Crippen LogP contribution in [0.4, 0.5) is 0 Å². The van der Waals surface area contributed by atoms with E-state index in [1.54, 1.807) is 5.57 Å². The van der Waals surface area contributed by atoms with Gasteiger partial charge in [0, 0.05) is 0 Å². The van der Waals surface area contributed by atoms with E-state index < -0.39 is 0 Å². The van der Waals surface area contributed by atoms with Crippen LogP contribution >= 0.6 is 0 Å². The van der Waals surface area contributed by atoms with Gasteiger partial charge in [0.1, 0.15) is 0 Å². The van der Waals surface area contributed by atoms with Crippen molar-refractivity contribution in [3.8, 4) is 0 Å². The Hall–Kier alpha value is -0.520. The van der Waals surface area contributed by atoms with Gasteiger partial charge in [0.2, 0.25) is 0 Å². The maximum atomic E-state index is 4.18. The Labute approximate surface area is 101 Å². The molecule has 1 saturated carbocycles. The van der Waals surface area contributed by atoms with Crippen molar-refractivity contribution in [2.24, 2.45) is 16.7 Å². The van der Waals surface area contributed by atoms with Crippen LogP contribution < -0.4 is 0 Å². The molecule has 0 aromatic rings. The van der Waals surface area contributed by atoms with Crippen LogP contribution in [0.3, 0.4) is 0 Å². The third-order valence-corrected chi connectivity index (χ3v) is 5.75. The van der Waals surface area contributed by atoms with Crippen molar-refractivity contribution >= 4 is 0 Å². The fourth-order valence-electron chi connectivity index (χ4n) is 3.90. The van der Waals surface area contributed by atoms with Crippen LogP contribution in [-0.2, 0) is 0 Å². The second kappa shape index (κ2) is 3.75. The molecule has 0 N–H and O–H groups in total. The molecule has 0 aromatic carbocycles. The quantitative estimate of drug-likeness (QED) is 0.536. The summed E-state index contributed by atoms with van der Waals surface area (Å²) in [6.07, 6.45) is 9.20. The van der Waals surface area contributed by atoms with Gasteiger partial charge in [0.25, 0.3) is 0 Å². The molecule has 2 aliphatic carbocycles. The second-order valence-electron chi connectivity index (χ2n) is 6.60. The molecule has 2 rings (SSSR count). The van der Waals surface area contributed by atoms with Gasteiger partial charge in [0.15, 0.2) is 0 Å². The standard InChI is InChI=1S/C16H26/c1-12(2)14-8-10-15(4)9-6-7-13(3)16(15,5)11-14/h7,14H,1,6,8-11H2,2-5H3. The molecule has 0 radical (unpaired) electrons. The molecule has 0 aromatic heterocycles. The fraction of sp³-hybridized carbons (Fsp3) is 0.750. The first-order chi connectivity index (χ1) is 7.39. The highest BCUT2D eigenvalue weighted by atomic mass is 14.5. The van der Waals surface area contributed by atoms with Crippen molar-refractivity contribution in [1.82, 2.24) is 0 Å². The predicted octanol–water partition coefficient (Wildman–Crippen LogP) is 5.12. The van der Waals surface area contributed by atoms with Gasteiger partial charge >= 0.3 is 0 Å². The molecule has 1 fully saturated rings. The highest BCUT2D eigenvalue weighted by Crippen LogP contribution is 2.60. The lowest BCUT2D eigenvalue weighted by Gasteiger charge is -2.55. The Balaban J connectivity index is 2.33. The number of allylic oxidation sites excluding steroid dienone is 3. The summed E-state index contributed by atoms with van der Waals surface area (Å²) in [7, 11) is 0. The van der Waals surface area contributed by atoms with Gasteiger partial charge < -0.3 is 0 Å². The maximum Gasteiger partial charge on any atom is -0.00596 e. The van der Waals surface area contributed by atoms with E-state index in [0.717, 1.165) is 5.92 Å². The average molecular weight is 218 g/mol. The van der Waals surface area contributed by atoms with Crippen LogP contribution in [0.5, 0.6) is 0 Å². The molecule has 0 bridgehead atoms. The van der Waals surface area contributed by atoms with E-state index in [-0.39, 0.29) is 0 Å². The second-order valence-corrected chi connectivity index (χ2v) is 6.60. The van der Waals surface area contributed by atoms with Gasteiger partial charge in [-0.15, -0.1) is 0 Å². The van der Waals surface area contributed by atoms with Crippen molar-refractivity contribution in [3.05, 3.63) is 23.8 Å². The minimum absolute atomic E-state index is 0.424. The summed E-state index contributed by atoms with van der Waals surface area (Å²) in [5.74, 6) is 0.750. The van der Waals surface area contributed by atoms with Crippen molar-refractivity contribution in [2.75, 3.05) is 0 Å². The summed E-state index contributed by atoms with van der Waals surface area (Å²) in [6, 6.07) is 0. The Morgan fingerprint density at radius 1 is 1.38 bits per heavy atom. The molecule has 3 atom stereocenters. The Kier molecular flexibility index (Phi) is 2.80. The number of rotatable bonds is 1. The Morgan fingerprint density at radius 3 is 2.69 bits per heavy atom. The van der Waals surface area contributed by atoms with Crippen LogP contribution in [0, 0.1) is 16.7 Å². The van der Waals surface area contributed by atoms with E-state index in [0.29, 0.717) is 10.8 Å². The van der Waals surface area contributed by atoms with E-state index in [1.807, 2.05) is 0 Å². The number of hydrogen-bond acceptors (Lipinski definition) is 0. The molecule has 0 aliphatic heterocycles. The fourth-order valence-corrected chi connectivity index (χ4v) is 3.90. The van der Waals surface area contributed by atoms with Crippen molar-refractivity contribution < 1.29 is 0 Å². The molecule has 0 amide bonds. The molecular weight excluding hydrogens is 192 g/mol. The van der Waals surface area contributed by atoms with E-state index in [2.05, 4.69) is 40.3 Å². The molecule has 0 nitrogen and oxygen atoms in total. The van der Waals surface area contributed by atoms with E-state index in [1.165, 1.54) is 37.7 Å². The monoisotopic (exact) mass is 218 g/mol. The van der Waals surface area contributed by atoms with Gasteiger partial charge in [0.05, 0.1) is 0 Å². The number of fused-ring (bicyclic) bond motifs is 1. The molecular formula is C16H26. The lowest BCUT2D eigenvalue weighted by atomic mass is 9.49. The summed E-state index contributed by atoms with van der Waals surface area (Å²) in [5.41, 5.74) is 3.99. The van der Waals surface area contributed by atoms with E-state index >= 15 is 0 Å². The van der Waals surface area contributed by atoms with Crippen LogP contribution in [0.2, 0.25) is 0 Å². The van der Waals surface area contributed by atoms with Gasteiger partial charge in [-0.25, -0.2) is 0 Å². The first-order valence-electron chi connectivity index (χ1n) is 6.72. The zero-order chi connectivity index (χ0) is 12.0. The third-order valence-electron chi connectivity index (χ3n) is 5.75. The topological polar surface area (TPSA) is 0 Å². The molecule has 0 saturated heterocycles. The summed E-state index contributed by atoms with van der Waals surface area (Å²) in [6.45, 7) is 13.7. The third kappa shape index (κ3) is 1.58. The summed E-state index contributed by atoms with van der Waals surface area (Å²) < 4.78 is 0. The minimum atomic E-state index is 0.424. The molecule has 16 heavy (non-hydrogen) atoms. The lowest BCUT2D eigenvalue weighted by Crippen LogP contribution is -2.45. The summed E-state index contributed by atoms with van der Waals surface area (Å²) in [5, 5.41) is 0. The minimum Gasteiger partial charge on any atom is -0.0999 e. The van der Waals surface area contributed by atoms with Crippen molar-refractivity contribution in [2.45, 2.75) is 59.8 Å². The van der Waals surface area contributed by atoms with Crippen LogP contribution in [-0.4, -0.2) is 0 Å². The Bertz CT molecular complexity index is 336. The predicted molar refractivity (Wildman–Crippen MR) is 71.4 cm³/mol. The van der Waals surface area contributed by atoms with Crippen molar-refractivity contribution in [3.63, 3.8) is 0 Å². The highest BCUT2D eigenvalue weighted by molar-refractivity contribution is 5.23. The van der Waals surface area contributed by atoms with Gasteiger partial charge in [-0.2, -0.15) is 0 Å². The SMILES string of the molecule is C=C(C)C1CCC2(C)CCC=C(C)C2(C)C1. The smallest absolute Gasteiger partial charge is 0.00596 e. The maximum absolute atomic E-state index is 4.18. The number of hydrogen-bond donors (Lipinski definition) is 0. The largest absolute Gasteiger partial charge is 0.0999 e. The Morgan fingerprint density at radius 2 is 2.06 bits per heavy atom. The van der Waals surface area contributed by atoms with Gasteiger partial charge in [-0.3, -0.25) is 0 Å². The zero-order valence-corrected chi connectivity index (χ0v) is 11.4. The molecule has 2 aliphatic rings. The average Bonchev–Trinajstić information content (AvgIpc) is 2.20. The lowest BCUT2D eigenvalue weighted by molar-refractivity contribution is 0.0134. The van der Waals surface area contributed by atoms with Crippen LogP contribution in [0.15, 0.2) is 23.8 Å². The highest BCUT2D eigenvalue weighted by Gasteiger charge is 2.50. The first kappa shape index (κ1) is 12.0. The summed E-state index contributed by atoms with van der Waals surface area (Å²) in [4.78, 5) is 0. The molecule has 3 unspecified atom stereocenters.